The number of rotatable bonds is 11. The first-order valence-electron chi connectivity index (χ1n) is 8.64. The minimum Gasteiger partial charge on any atom is -0.541 e. The molecule has 0 amide bonds. The van der Waals surface area contributed by atoms with E-state index in [1.165, 1.54) is 56.7 Å². The molecule has 0 aliphatic carbocycles. The monoisotopic (exact) mass is 308 g/mol. The van der Waals surface area contributed by atoms with E-state index in [0.29, 0.717) is 11.5 Å². The Morgan fingerprint density at radius 1 is 0.857 bits per heavy atom. The highest BCUT2D eigenvalue weighted by Gasteiger charge is 2.35. The lowest BCUT2D eigenvalue weighted by Crippen LogP contribution is -2.41. The Morgan fingerprint density at radius 2 is 1.33 bits per heavy atom. The Bertz CT molecular complexity index is 371. The van der Waals surface area contributed by atoms with E-state index in [4.69, 9.17) is 4.43 Å². The summed E-state index contributed by atoms with van der Waals surface area (Å²) in [5, 5.41) is 10.0. The topological polar surface area (TPSA) is 29.5 Å². The molecule has 3 heteroatoms. The van der Waals surface area contributed by atoms with Crippen LogP contribution in [0.4, 0.5) is 0 Å². The zero-order valence-corrected chi connectivity index (χ0v) is 15.0. The first-order chi connectivity index (χ1) is 10.2. The normalized spacial score (nSPS) is 11.6. The number of unbranched alkanes of at least 4 members (excludes halogenated alkanes) is 3. The van der Waals surface area contributed by atoms with Gasteiger partial charge in [-0.1, -0.05) is 71.4 Å². The average molecular weight is 309 g/mol. The fraction of sp³-hybridized carbons (Fsp3) is 0.667. The molecule has 1 rings (SSSR count). The van der Waals surface area contributed by atoms with Gasteiger partial charge in [-0.3, -0.25) is 0 Å². The molecule has 0 bridgehead atoms. The summed E-state index contributed by atoms with van der Waals surface area (Å²) in [6.07, 6.45) is 7.39. The van der Waals surface area contributed by atoms with E-state index in [1.807, 2.05) is 18.2 Å². The highest BCUT2D eigenvalue weighted by atomic mass is 28.4. The molecule has 21 heavy (non-hydrogen) atoms. The Morgan fingerprint density at radius 3 is 1.76 bits per heavy atom. The minimum absolute atomic E-state index is 0.291. The van der Waals surface area contributed by atoms with Crippen LogP contribution in [0.15, 0.2) is 24.3 Å². The largest absolute Gasteiger partial charge is 0.541 e. The maximum Gasteiger partial charge on any atom is 0.251 e. The van der Waals surface area contributed by atoms with E-state index >= 15 is 0 Å². The first-order valence-corrected chi connectivity index (χ1v) is 11.2. The molecular formula is C18H32O2Si. The fourth-order valence-corrected chi connectivity index (χ4v) is 7.49. The van der Waals surface area contributed by atoms with Crippen LogP contribution in [0.25, 0.3) is 0 Å². The third kappa shape index (κ3) is 6.12. The van der Waals surface area contributed by atoms with E-state index in [-0.39, 0.29) is 0 Å². The Balaban J connectivity index is 2.92. The molecule has 0 radical (unpaired) electrons. The third-order valence-corrected chi connectivity index (χ3v) is 8.60. The van der Waals surface area contributed by atoms with Gasteiger partial charge in [0.2, 0.25) is 0 Å². The van der Waals surface area contributed by atoms with Gasteiger partial charge in [0.15, 0.2) is 5.75 Å². The predicted molar refractivity (Wildman–Crippen MR) is 93.6 cm³/mol. The molecule has 0 saturated carbocycles. The summed E-state index contributed by atoms with van der Waals surface area (Å²) < 4.78 is 6.53. The molecule has 0 fully saturated rings. The highest BCUT2D eigenvalue weighted by molar-refractivity contribution is 6.74. The number of phenols is 1. The van der Waals surface area contributed by atoms with Crippen molar-refractivity contribution >= 4 is 8.32 Å². The SMILES string of the molecule is CCCC[Si](CCCC)(CCCC)Oc1ccccc1O. The van der Waals surface area contributed by atoms with Gasteiger partial charge in [-0.2, -0.15) is 0 Å². The summed E-state index contributed by atoms with van der Waals surface area (Å²) in [7, 11) is -1.79. The number of phenolic OH excluding ortho intramolecular Hbond substituents is 1. The lowest BCUT2D eigenvalue weighted by molar-refractivity contribution is 0.426. The molecule has 0 aliphatic heterocycles. The maximum absolute atomic E-state index is 10.0. The third-order valence-electron chi connectivity index (χ3n) is 4.15. The van der Waals surface area contributed by atoms with Gasteiger partial charge in [-0.25, -0.2) is 0 Å². The number of benzene rings is 1. The van der Waals surface area contributed by atoms with Crippen molar-refractivity contribution in [3.8, 4) is 11.5 Å². The van der Waals surface area contributed by atoms with Crippen LogP contribution in [0.1, 0.15) is 59.3 Å². The van der Waals surface area contributed by atoms with Gasteiger partial charge in [-0.05, 0) is 30.3 Å². The number of aromatic hydroxyl groups is 1. The second kappa shape index (κ2) is 9.88. The molecule has 2 nitrogen and oxygen atoms in total. The van der Waals surface area contributed by atoms with Crippen molar-refractivity contribution in [1.29, 1.82) is 0 Å². The van der Waals surface area contributed by atoms with Crippen LogP contribution in [0.3, 0.4) is 0 Å². The van der Waals surface area contributed by atoms with Crippen molar-refractivity contribution in [3.63, 3.8) is 0 Å². The summed E-state index contributed by atoms with van der Waals surface area (Å²) in [5.41, 5.74) is 0. The molecule has 1 N–H and O–H groups in total. The Labute approximate surface area is 131 Å². The molecular weight excluding hydrogens is 276 g/mol. The summed E-state index contributed by atoms with van der Waals surface area (Å²) in [5.74, 6) is 0.992. The molecule has 1 aromatic carbocycles. The van der Waals surface area contributed by atoms with Gasteiger partial charge in [0.1, 0.15) is 5.75 Å². The van der Waals surface area contributed by atoms with Crippen molar-refractivity contribution in [1.82, 2.24) is 0 Å². The standard InChI is InChI=1S/C18H32O2Si/c1-4-7-14-21(15-8-5-2,16-9-6-3)20-18-13-11-10-12-17(18)19/h10-13,19H,4-9,14-16H2,1-3H3. The lowest BCUT2D eigenvalue weighted by atomic mass is 10.3. The Kier molecular flexibility index (Phi) is 8.51. The average Bonchev–Trinajstić information content (AvgIpc) is 2.51. The molecule has 0 aromatic heterocycles. The quantitative estimate of drug-likeness (QED) is 0.499. The molecule has 0 heterocycles. The van der Waals surface area contributed by atoms with Crippen molar-refractivity contribution < 1.29 is 9.53 Å². The van der Waals surface area contributed by atoms with Gasteiger partial charge in [0.05, 0.1) is 0 Å². The van der Waals surface area contributed by atoms with E-state index in [1.54, 1.807) is 6.07 Å². The molecule has 120 valence electrons. The van der Waals surface area contributed by atoms with Crippen LogP contribution in [0.5, 0.6) is 11.5 Å². The number of para-hydroxylation sites is 2. The first kappa shape index (κ1) is 18.1. The molecule has 1 aromatic rings. The van der Waals surface area contributed by atoms with Gasteiger partial charge in [0.25, 0.3) is 8.32 Å². The van der Waals surface area contributed by atoms with E-state index in [2.05, 4.69) is 20.8 Å². The maximum atomic E-state index is 10.0. The van der Waals surface area contributed by atoms with Gasteiger partial charge < -0.3 is 9.53 Å². The number of hydrogen-bond donors (Lipinski definition) is 1. The number of hydrogen-bond acceptors (Lipinski definition) is 2. The van der Waals surface area contributed by atoms with Crippen LogP contribution in [-0.2, 0) is 0 Å². The highest BCUT2D eigenvalue weighted by Crippen LogP contribution is 2.35. The van der Waals surface area contributed by atoms with Crippen molar-refractivity contribution in [3.05, 3.63) is 24.3 Å². The van der Waals surface area contributed by atoms with Crippen LogP contribution in [0, 0.1) is 0 Å². The van der Waals surface area contributed by atoms with Gasteiger partial charge in [-0.15, -0.1) is 0 Å². The second-order valence-corrected chi connectivity index (χ2v) is 10.1. The van der Waals surface area contributed by atoms with E-state index in [9.17, 15) is 5.11 Å². The summed E-state index contributed by atoms with van der Waals surface area (Å²) in [6, 6.07) is 11.1. The van der Waals surface area contributed by atoms with Crippen molar-refractivity contribution in [2.24, 2.45) is 0 Å². The van der Waals surface area contributed by atoms with Gasteiger partial charge >= 0.3 is 0 Å². The molecule has 0 spiro atoms. The van der Waals surface area contributed by atoms with Crippen LogP contribution in [0.2, 0.25) is 18.1 Å². The molecule has 0 unspecified atom stereocenters. The van der Waals surface area contributed by atoms with Crippen LogP contribution in [-0.4, -0.2) is 13.4 Å². The minimum atomic E-state index is -1.79. The molecule has 0 saturated heterocycles. The Hall–Kier alpha value is -0.963. The van der Waals surface area contributed by atoms with E-state index in [0.717, 1.165) is 0 Å². The smallest absolute Gasteiger partial charge is 0.251 e. The van der Waals surface area contributed by atoms with E-state index < -0.39 is 8.32 Å². The van der Waals surface area contributed by atoms with Crippen molar-refractivity contribution in [2.75, 3.05) is 0 Å². The summed E-state index contributed by atoms with van der Waals surface area (Å²) in [4.78, 5) is 0. The van der Waals surface area contributed by atoms with Crippen molar-refractivity contribution in [2.45, 2.75) is 77.4 Å². The van der Waals surface area contributed by atoms with Crippen LogP contribution < -0.4 is 4.43 Å². The zero-order valence-electron chi connectivity index (χ0n) is 14.0. The second-order valence-electron chi connectivity index (χ2n) is 6.06. The molecule has 0 atom stereocenters. The van der Waals surface area contributed by atoms with Gasteiger partial charge in [0, 0.05) is 0 Å². The molecule has 0 aliphatic rings. The summed E-state index contributed by atoms with van der Waals surface area (Å²) >= 11 is 0. The van der Waals surface area contributed by atoms with Crippen LogP contribution >= 0.6 is 0 Å². The summed E-state index contributed by atoms with van der Waals surface area (Å²) in [6.45, 7) is 6.75. The fourth-order valence-electron chi connectivity index (χ4n) is 2.80. The zero-order chi connectivity index (χ0) is 15.6. The lowest BCUT2D eigenvalue weighted by Gasteiger charge is -2.32. The predicted octanol–water partition coefficient (Wildman–Crippen LogP) is 6.12.